The molecule has 1 nitrogen and oxygen atoms in total. The first-order valence-electron chi connectivity index (χ1n) is 5.46. The van der Waals surface area contributed by atoms with Crippen LogP contribution in [0.1, 0.15) is 44.7 Å². The Morgan fingerprint density at radius 2 is 1.92 bits per heavy atom. The van der Waals surface area contributed by atoms with Crippen LogP contribution in [-0.2, 0) is 6.54 Å². The highest BCUT2D eigenvalue weighted by atomic mass is 14.9. The van der Waals surface area contributed by atoms with Gasteiger partial charge in [-0.3, -0.25) is 0 Å². The second-order valence-electron chi connectivity index (χ2n) is 3.76. The van der Waals surface area contributed by atoms with Gasteiger partial charge in [-0.2, -0.15) is 0 Å². The fraction of sp³-hybridized carbons (Fsp3) is 0.667. The Bertz CT molecular complexity index is 225. The molecule has 0 aliphatic carbocycles. The van der Waals surface area contributed by atoms with Crippen molar-refractivity contribution >= 4 is 0 Å². The predicted molar refractivity (Wildman–Crippen MR) is 57.9 cm³/mol. The fourth-order valence-electron chi connectivity index (χ4n) is 1.64. The molecule has 1 heterocycles. The molecular formula is C12H21N. The first-order valence-corrected chi connectivity index (χ1v) is 5.46. The SMILES string of the molecule is CCCCCCCn1cccc1C. The van der Waals surface area contributed by atoms with Gasteiger partial charge in [-0.1, -0.05) is 32.6 Å². The first kappa shape index (κ1) is 10.4. The third-order valence-electron chi connectivity index (χ3n) is 2.56. The molecule has 1 aromatic heterocycles. The Morgan fingerprint density at radius 3 is 2.54 bits per heavy atom. The molecular weight excluding hydrogens is 158 g/mol. The van der Waals surface area contributed by atoms with E-state index in [1.165, 1.54) is 44.3 Å². The number of hydrogen-bond donors (Lipinski definition) is 0. The zero-order valence-corrected chi connectivity index (χ0v) is 8.92. The fourth-order valence-corrected chi connectivity index (χ4v) is 1.64. The van der Waals surface area contributed by atoms with E-state index >= 15 is 0 Å². The lowest BCUT2D eigenvalue weighted by Gasteiger charge is -2.05. The van der Waals surface area contributed by atoms with Gasteiger partial charge in [-0.15, -0.1) is 0 Å². The van der Waals surface area contributed by atoms with E-state index in [1.807, 2.05) is 0 Å². The predicted octanol–water partition coefficient (Wildman–Crippen LogP) is 3.77. The van der Waals surface area contributed by atoms with Gasteiger partial charge in [0.2, 0.25) is 0 Å². The highest BCUT2D eigenvalue weighted by molar-refractivity contribution is 5.03. The Hall–Kier alpha value is -0.720. The molecule has 1 aromatic rings. The number of unbranched alkanes of at least 4 members (excludes halogenated alkanes) is 4. The minimum atomic E-state index is 1.20. The van der Waals surface area contributed by atoms with E-state index < -0.39 is 0 Å². The Morgan fingerprint density at radius 1 is 1.15 bits per heavy atom. The van der Waals surface area contributed by atoms with Crippen molar-refractivity contribution in [1.82, 2.24) is 4.57 Å². The maximum absolute atomic E-state index is 2.34. The summed E-state index contributed by atoms with van der Waals surface area (Å²) in [6, 6.07) is 4.30. The summed E-state index contributed by atoms with van der Waals surface area (Å²) in [5, 5.41) is 0. The third kappa shape index (κ3) is 3.67. The van der Waals surface area contributed by atoms with Crippen LogP contribution in [0.2, 0.25) is 0 Å². The third-order valence-corrected chi connectivity index (χ3v) is 2.56. The van der Waals surface area contributed by atoms with Crippen LogP contribution in [0.3, 0.4) is 0 Å². The molecule has 1 heteroatoms. The number of nitrogens with zero attached hydrogens (tertiary/aromatic N) is 1. The Balaban J connectivity index is 2.10. The van der Waals surface area contributed by atoms with Gasteiger partial charge < -0.3 is 4.57 Å². The quantitative estimate of drug-likeness (QED) is 0.586. The average molecular weight is 179 g/mol. The normalized spacial score (nSPS) is 10.6. The molecule has 0 atom stereocenters. The second kappa shape index (κ2) is 5.85. The molecule has 0 aliphatic rings. The lowest BCUT2D eigenvalue weighted by atomic mass is 10.1. The van der Waals surface area contributed by atoms with E-state index in [0.717, 1.165) is 0 Å². The van der Waals surface area contributed by atoms with Gasteiger partial charge in [-0.25, -0.2) is 0 Å². The summed E-state index contributed by atoms with van der Waals surface area (Å²) >= 11 is 0. The van der Waals surface area contributed by atoms with Gasteiger partial charge in [0.25, 0.3) is 0 Å². The summed E-state index contributed by atoms with van der Waals surface area (Å²) in [5.74, 6) is 0. The number of rotatable bonds is 6. The summed E-state index contributed by atoms with van der Waals surface area (Å²) in [5.41, 5.74) is 1.38. The molecule has 1 rings (SSSR count). The lowest BCUT2D eigenvalue weighted by Crippen LogP contribution is -1.97. The molecule has 0 N–H and O–H groups in total. The van der Waals surface area contributed by atoms with Crippen molar-refractivity contribution in [2.45, 2.75) is 52.5 Å². The molecule has 0 aliphatic heterocycles. The van der Waals surface area contributed by atoms with Crippen LogP contribution >= 0.6 is 0 Å². The van der Waals surface area contributed by atoms with E-state index in [-0.39, 0.29) is 0 Å². The summed E-state index contributed by atoms with van der Waals surface area (Å²) in [6.07, 6.45) is 9.01. The van der Waals surface area contributed by atoms with Crippen molar-refractivity contribution in [3.63, 3.8) is 0 Å². The number of hydrogen-bond acceptors (Lipinski definition) is 0. The van der Waals surface area contributed by atoms with Crippen LogP contribution in [0.4, 0.5) is 0 Å². The highest BCUT2D eigenvalue weighted by Gasteiger charge is 1.94. The van der Waals surface area contributed by atoms with Crippen LogP contribution in [0.15, 0.2) is 18.3 Å². The smallest absolute Gasteiger partial charge is 0.0222 e. The largest absolute Gasteiger partial charge is 0.352 e. The number of aryl methyl sites for hydroxylation is 2. The van der Waals surface area contributed by atoms with E-state index in [2.05, 4.69) is 36.7 Å². The minimum Gasteiger partial charge on any atom is -0.352 e. The van der Waals surface area contributed by atoms with Gasteiger partial charge in [0.1, 0.15) is 0 Å². The molecule has 0 spiro atoms. The molecule has 0 saturated heterocycles. The van der Waals surface area contributed by atoms with Gasteiger partial charge >= 0.3 is 0 Å². The number of aromatic nitrogens is 1. The van der Waals surface area contributed by atoms with E-state index in [9.17, 15) is 0 Å². The van der Waals surface area contributed by atoms with Gasteiger partial charge in [0.15, 0.2) is 0 Å². The Kier molecular flexibility index (Phi) is 4.66. The average Bonchev–Trinajstić information content (AvgIpc) is 2.52. The van der Waals surface area contributed by atoms with Crippen LogP contribution in [0.5, 0.6) is 0 Å². The topological polar surface area (TPSA) is 4.93 Å². The zero-order valence-electron chi connectivity index (χ0n) is 8.92. The highest BCUT2D eigenvalue weighted by Crippen LogP contribution is 2.06. The van der Waals surface area contributed by atoms with Crippen LogP contribution in [-0.4, -0.2) is 4.57 Å². The molecule has 0 bridgehead atoms. The van der Waals surface area contributed by atoms with Crippen LogP contribution < -0.4 is 0 Å². The molecule has 0 amide bonds. The van der Waals surface area contributed by atoms with Crippen molar-refractivity contribution in [3.8, 4) is 0 Å². The second-order valence-corrected chi connectivity index (χ2v) is 3.76. The van der Waals surface area contributed by atoms with E-state index in [1.54, 1.807) is 0 Å². The van der Waals surface area contributed by atoms with Crippen LogP contribution in [0.25, 0.3) is 0 Å². The van der Waals surface area contributed by atoms with Gasteiger partial charge in [-0.05, 0) is 25.5 Å². The lowest BCUT2D eigenvalue weighted by molar-refractivity contribution is 0.563. The van der Waals surface area contributed by atoms with Gasteiger partial charge in [0.05, 0.1) is 0 Å². The molecule has 0 aromatic carbocycles. The van der Waals surface area contributed by atoms with Crippen molar-refractivity contribution in [2.75, 3.05) is 0 Å². The molecule has 13 heavy (non-hydrogen) atoms. The standard InChI is InChI=1S/C12H21N/c1-3-4-5-6-7-10-13-11-8-9-12(13)2/h8-9,11H,3-7,10H2,1-2H3. The molecule has 0 fully saturated rings. The summed E-state index contributed by atoms with van der Waals surface area (Å²) < 4.78 is 2.34. The van der Waals surface area contributed by atoms with Gasteiger partial charge in [0, 0.05) is 18.4 Å². The zero-order chi connectivity index (χ0) is 9.52. The summed E-state index contributed by atoms with van der Waals surface area (Å²) in [6.45, 7) is 5.63. The first-order chi connectivity index (χ1) is 6.34. The minimum absolute atomic E-state index is 1.20. The van der Waals surface area contributed by atoms with Crippen LogP contribution in [0, 0.1) is 6.92 Å². The maximum atomic E-state index is 2.34. The van der Waals surface area contributed by atoms with Crippen molar-refractivity contribution in [3.05, 3.63) is 24.0 Å². The summed E-state index contributed by atoms with van der Waals surface area (Å²) in [7, 11) is 0. The van der Waals surface area contributed by atoms with Crippen molar-refractivity contribution in [1.29, 1.82) is 0 Å². The van der Waals surface area contributed by atoms with E-state index in [0.29, 0.717) is 0 Å². The monoisotopic (exact) mass is 179 g/mol. The Labute approximate surface area is 81.8 Å². The van der Waals surface area contributed by atoms with Crippen molar-refractivity contribution < 1.29 is 0 Å². The van der Waals surface area contributed by atoms with Crippen molar-refractivity contribution in [2.24, 2.45) is 0 Å². The molecule has 0 radical (unpaired) electrons. The van der Waals surface area contributed by atoms with E-state index in [4.69, 9.17) is 0 Å². The molecule has 74 valence electrons. The summed E-state index contributed by atoms with van der Waals surface area (Å²) in [4.78, 5) is 0. The molecule has 0 saturated carbocycles. The molecule has 0 unspecified atom stereocenters. The maximum Gasteiger partial charge on any atom is 0.0222 e.